The van der Waals surface area contributed by atoms with E-state index in [0.29, 0.717) is 12.8 Å². The molecular weight excluding hydrogens is 190 g/mol. The Morgan fingerprint density at radius 2 is 1.93 bits per heavy atom. The summed E-state index contributed by atoms with van der Waals surface area (Å²) in [5.74, 6) is -0.580. The lowest BCUT2D eigenvalue weighted by Gasteiger charge is -2.08. The molecule has 1 heterocycles. The zero-order chi connectivity index (χ0) is 11.3. The minimum Gasteiger partial charge on any atom is -0.299 e. The van der Waals surface area contributed by atoms with E-state index >= 15 is 0 Å². The molecule has 0 fully saturated rings. The molecule has 0 spiro atoms. The first-order chi connectivity index (χ1) is 7.11. The summed E-state index contributed by atoms with van der Waals surface area (Å²) in [4.78, 5) is 26.5. The number of carbonyl (C=O) groups excluding carboxylic acids is 2. The third kappa shape index (κ3) is 3.62. The summed E-state index contributed by atoms with van der Waals surface area (Å²) in [5.41, 5.74) is 0.921. The van der Waals surface area contributed by atoms with Crippen LogP contribution in [0.3, 0.4) is 0 Å². The maximum atomic E-state index is 11.2. The van der Waals surface area contributed by atoms with E-state index in [1.165, 1.54) is 13.8 Å². The zero-order valence-electron chi connectivity index (χ0n) is 9.06. The first-order valence-electron chi connectivity index (χ1n) is 5.02. The highest BCUT2D eigenvalue weighted by molar-refractivity contribution is 6.00. The molecule has 1 aromatic rings. The largest absolute Gasteiger partial charge is 0.299 e. The van der Waals surface area contributed by atoms with Gasteiger partial charge >= 0.3 is 0 Å². The van der Waals surface area contributed by atoms with Crippen molar-refractivity contribution in [2.75, 3.05) is 0 Å². The van der Waals surface area contributed by atoms with Gasteiger partial charge in [0.15, 0.2) is 0 Å². The molecule has 0 bridgehead atoms. The van der Waals surface area contributed by atoms with Gasteiger partial charge in [-0.25, -0.2) is 0 Å². The van der Waals surface area contributed by atoms with Crippen LogP contribution in [-0.4, -0.2) is 16.6 Å². The quantitative estimate of drug-likeness (QED) is 0.689. The van der Waals surface area contributed by atoms with Crippen molar-refractivity contribution in [3.8, 4) is 0 Å². The van der Waals surface area contributed by atoms with E-state index in [4.69, 9.17) is 0 Å². The lowest BCUT2D eigenvalue weighted by molar-refractivity contribution is -0.130. The van der Waals surface area contributed by atoms with E-state index in [1.54, 1.807) is 6.20 Å². The van der Waals surface area contributed by atoms with Crippen LogP contribution in [0.4, 0.5) is 0 Å². The molecule has 0 radical (unpaired) electrons. The van der Waals surface area contributed by atoms with Crippen molar-refractivity contribution < 1.29 is 9.59 Å². The molecule has 0 saturated carbocycles. The molecule has 0 aromatic carbocycles. The van der Waals surface area contributed by atoms with Crippen LogP contribution >= 0.6 is 0 Å². The van der Waals surface area contributed by atoms with Gasteiger partial charge in [-0.2, -0.15) is 0 Å². The van der Waals surface area contributed by atoms with E-state index in [1.807, 2.05) is 18.2 Å². The van der Waals surface area contributed by atoms with E-state index in [-0.39, 0.29) is 11.6 Å². The molecule has 0 N–H and O–H groups in total. The highest BCUT2D eigenvalue weighted by Crippen LogP contribution is 2.10. The van der Waals surface area contributed by atoms with Crippen molar-refractivity contribution in [1.82, 2.24) is 4.98 Å². The normalized spacial score (nSPS) is 10.3. The van der Waals surface area contributed by atoms with Gasteiger partial charge in [-0.1, -0.05) is 6.07 Å². The Bertz CT molecular complexity index is 332. The Morgan fingerprint density at radius 1 is 1.27 bits per heavy atom. The van der Waals surface area contributed by atoms with Crippen molar-refractivity contribution in [2.45, 2.75) is 26.7 Å². The molecule has 0 aliphatic carbocycles. The van der Waals surface area contributed by atoms with Crippen molar-refractivity contribution in [2.24, 2.45) is 5.92 Å². The van der Waals surface area contributed by atoms with Crippen molar-refractivity contribution in [3.05, 3.63) is 30.1 Å². The summed E-state index contributed by atoms with van der Waals surface area (Å²) in [6.45, 7) is 2.93. The Balaban J connectivity index is 2.55. The molecule has 0 saturated heterocycles. The SMILES string of the molecule is CC(=O)C(CCc1ccccn1)C(C)=O. The van der Waals surface area contributed by atoms with Gasteiger partial charge in [0.05, 0.1) is 5.92 Å². The summed E-state index contributed by atoms with van der Waals surface area (Å²) >= 11 is 0. The minimum atomic E-state index is -0.466. The second-order valence-electron chi connectivity index (χ2n) is 3.63. The van der Waals surface area contributed by atoms with Crippen LogP contribution in [0.15, 0.2) is 24.4 Å². The van der Waals surface area contributed by atoms with Gasteiger partial charge in [0.1, 0.15) is 11.6 Å². The molecule has 3 nitrogen and oxygen atoms in total. The maximum absolute atomic E-state index is 11.2. The number of aryl methyl sites for hydroxylation is 1. The summed E-state index contributed by atoms with van der Waals surface area (Å²) < 4.78 is 0. The Kier molecular flexibility index (Phi) is 4.16. The number of pyridine rings is 1. The Hall–Kier alpha value is -1.51. The fraction of sp³-hybridized carbons (Fsp3) is 0.417. The zero-order valence-corrected chi connectivity index (χ0v) is 9.06. The lowest BCUT2D eigenvalue weighted by atomic mass is 9.94. The number of carbonyl (C=O) groups is 2. The topological polar surface area (TPSA) is 47.0 Å². The van der Waals surface area contributed by atoms with Crippen molar-refractivity contribution >= 4 is 11.6 Å². The molecule has 0 amide bonds. The minimum absolute atomic E-state index is 0.0570. The highest BCUT2D eigenvalue weighted by atomic mass is 16.1. The van der Waals surface area contributed by atoms with Gasteiger partial charge < -0.3 is 0 Å². The molecule has 1 rings (SSSR count). The molecule has 0 aliphatic heterocycles. The van der Waals surface area contributed by atoms with Gasteiger partial charge in [0, 0.05) is 11.9 Å². The average Bonchev–Trinajstić information content (AvgIpc) is 2.18. The monoisotopic (exact) mass is 205 g/mol. The first kappa shape index (κ1) is 11.6. The standard InChI is InChI=1S/C12H15NO2/c1-9(14)12(10(2)15)7-6-11-5-3-4-8-13-11/h3-5,8,12H,6-7H2,1-2H3. The molecule has 80 valence electrons. The van der Waals surface area contributed by atoms with E-state index in [2.05, 4.69) is 4.98 Å². The second-order valence-corrected chi connectivity index (χ2v) is 3.63. The molecule has 0 aliphatic rings. The van der Waals surface area contributed by atoms with Crippen LogP contribution < -0.4 is 0 Å². The molecule has 0 unspecified atom stereocenters. The number of hydrogen-bond donors (Lipinski definition) is 0. The smallest absolute Gasteiger partial charge is 0.140 e. The van der Waals surface area contributed by atoms with Gasteiger partial charge in [-0.15, -0.1) is 0 Å². The molecule has 0 atom stereocenters. The molecule has 15 heavy (non-hydrogen) atoms. The predicted molar refractivity (Wildman–Crippen MR) is 57.4 cm³/mol. The fourth-order valence-electron chi connectivity index (χ4n) is 1.53. The second kappa shape index (κ2) is 5.39. The van der Waals surface area contributed by atoms with Crippen molar-refractivity contribution in [3.63, 3.8) is 0 Å². The van der Waals surface area contributed by atoms with Crippen LogP contribution in [-0.2, 0) is 16.0 Å². The number of Topliss-reactive ketones (excluding diaryl/α,β-unsaturated/α-hetero) is 2. The predicted octanol–water partition coefficient (Wildman–Crippen LogP) is 1.81. The van der Waals surface area contributed by atoms with Gasteiger partial charge in [0.25, 0.3) is 0 Å². The van der Waals surface area contributed by atoms with E-state index in [9.17, 15) is 9.59 Å². The maximum Gasteiger partial charge on any atom is 0.140 e. The Morgan fingerprint density at radius 3 is 2.40 bits per heavy atom. The summed E-state index contributed by atoms with van der Waals surface area (Å²) in [7, 11) is 0. The van der Waals surface area contributed by atoms with E-state index in [0.717, 1.165) is 5.69 Å². The molecule has 3 heteroatoms. The fourth-order valence-corrected chi connectivity index (χ4v) is 1.53. The number of nitrogens with zero attached hydrogens (tertiary/aromatic N) is 1. The van der Waals surface area contributed by atoms with E-state index < -0.39 is 5.92 Å². The number of hydrogen-bond acceptors (Lipinski definition) is 3. The summed E-state index contributed by atoms with van der Waals surface area (Å²) in [5, 5.41) is 0. The number of aromatic nitrogens is 1. The number of rotatable bonds is 5. The number of ketones is 2. The molecular formula is C12H15NO2. The van der Waals surface area contributed by atoms with Gasteiger partial charge in [-0.3, -0.25) is 14.6 Å². The first-order valence-corrected chi connectivity index (χ1v) is 5.02. The molecule has 1 aromatic heterocycles. The third-order valence-electron chi connectivity index (χ3n) is 2.40. The lowest BCUT2D eigenvalue weighted by Crippen LogP contribution is -2.20. The van der Waals surface area contributed by atoms with Crippen LogP contribution in [0.2, 0.25) is 0 Å². The van der Waals surface area contributed by atoms with Crippen molar-refractivity contribution in [1.29, 1.82) is 0 Å². The van der Waals surface area contributed by atoms with Crippen LogP contribution in [0, 0.1) is 5.92 Å². The highest BCUT2D eigenvalue weighted by Gasteiger charge is 2.18. The van der Waals surface area contributed by atoms with Crippen LogP contribution in [0.1, 0.15) is 26.0 Å². The third-order valence-corrected chi connectivity index (χ3v) is 2.40. The Labute approximate surface area is 89.5 Å². The average molecular weight is 205 g/mol. The van der Waals surface area contributed by atoms with Gasteiger partial charge in [-0.05, 0) is 38.8 Å². The van der Waals surface area contributed by atoms with Crippen LogP contribution in [0.5, 0.6) is 0 Å². The summed E-state index contributed by atoms with van der Waals surface area (Å²) in [6, 6.07) is 5.65. The summed E-state index contributed by atoms with van der Waals surface area (Å²) in [6.07, 6.45) is 2.94. The van der Waals surface area contributed by atoms with Gasteiger partial charge in [0.2, 0.25) is 0 Å². The van der Waals surface area contributed by atoms with Crippen LogP contribution in [0.25, 0.3) is 0 Å².